The molecular weight excluding hydrogens is 276 g/mol. The highest BCUT2D eigenvalue weighted by Gasteiger charge is 2.25. The number of hydrogen-bond acceptors (Lipinski definition) is 4. The smallest absolute Gasteiger partial charge is 0.157 e. The largest absolute Gasteiger partial charge is 0.381 e. The Bertz CT molecular complexity index is 622. The zero-order chi connectivity index (χ0) is 15.5. The van der Waals surface area contributed by atoms with E-state index in [0.29, 0.717) is 11.8 Å². The number of rotatable bonds is 6. The molecule has 22 heavy (non-hydrogen) atoms. The SMILES string of the molecule is CCCOC[C@@H]1CCN(c2cc(C(C)C)nc3ccnn23)C1. The normalized spacial score (nSPS) is 18.7. The van der Waals surface area contributed by atoms with Crippen molar-refractivity contribution in [1.29, 1.82) is 0 Å². The molecule has 1 aliphatic heterocycles. The molecule has 0 aromatic carbocycles. The molecule has 0 spiro atoms. The quantitative estimate of drug-likeness (QED) is 0.769. The molecule has 0 amide bonds. The van der Waals surface area contributed by atoms with Crippen LogP contribution in [0.5, 0.6) is 0 Å². The second-order valence-corrected chi connectivity index (χ2v) is 6.47. The summed E-state index contributed by atoms with van der Waals surface area (Å²) in [5.41, 5.74) is 2.07. The lowest BCUT2D eigenvalue weighted by Crippen LogP contribution is -2.24. The van der Waals surface area contributed by atoms with E-state index in [1.54, 1.807) is 0 Å². The molecule has 0 N–H and O–H groups in total. The summed E-state index contributed by atoms with van der Waals surface area (Å²) in [6, 6.07) is 4.17. The second-order valence-electron chi connectivity index (χ2n) is 6.47. The van der Waals surface area contributed by atoms with Crippen LogP contribution in [-0.2, 0) is 4.74 Å². The van der Waals surface area contributed by atoms with Crippen LogP contribution in [0.25, 0.3) is 5.65 Å². The van der Waals surface area contributed by atoms with E-state index in [2.05, 4.69) is 36.8 Å². The third-order valence-corrected chi connectivity index (χ3v) is 4.26. The minimum absolute atomic E-state index is 0.421. The molecule has 1 fully saturated rings. The number of nitrogens with zero attached hydrogens (tertiary/aromatic N) is 4. The minimum atomic E-state index is 0.421. The van der Waals surface area contributed by atoms with Gasteiger partial charge >= 0.3 is 0 Å². The van der Waals surface area contributed by atoms with Gasteiger partial charge in [-0.3, -0.25) is 0 Å². The molecule has 120 valence electrons. The topological polar surface area (TPSA) is 42.7 Å². The van der Waals surface area contributed by atoms with Crippen molar-refractivity contribution in [3.63, 3.8) is 0 Å². The molecule has 1 aliphatic rings. The van der Waals surface area contributed by atoms with Crippen molar-refractivity contribution in [2.24, 2.45) is 5.92 Å². The van der Waals surface area contributed by atoms with Crippen LogP contribution in [0, 0.1) is 5.92 Å². The maximum atomic E-state index is 5.72. The molecule has 0 unspecified atom stereocenters. The lowest BCUT2D eigenvalue weighted by Gasteiger charge is -2.21. The summed E-state index contributed by atoms with van der Waals surface area (Å²) in [4.78, 5) is 7.12. The average molecular weight is 302 g/mol. The summed E-state index contributed by atoms with van der Waals surface area (Å²) in [6.45, 7) is 10.4. The zero-order valence-corrected chi connectivity index (χ0v) is 13.8. The maximum Gasteiger partial charge on any atom is 0.157 e. The molecule has 0 aliphatic carbocycles. The molecule has 1 atom stereocenters. The minimum Gasteiger partial charge on any atom is -0.381 e. The van der Waals surface area contributed by atoms with E-state index in [-0.39, 0.29) is 0 Å². The van der Waals surface area contributed by atoms with E-state index in [9.17, 15) is 0 Å². The van der Waals surface area contributed by atoms with Gasteiger partial charge in [0.25, 0.3) is 0 Å². The van der Waals surface area contributed by atoms with Crippen LogP contribution < -0.4 is 4.90 Å². The van der Waals surface area contributed by atoms with Gasteiger partial charge < -0.3 is 9.64 Å². The first-order valence-corrected chi connectivity index (χ1v) is 8.36. The molecule has 0 radical (unpaired) electrons. The van der Waals surface area contributed by atoms with Gasteiger partial charge in [0.15, 0.2) is 5.65 Å². The molecule has 5 nitrogen and oxygen atoms in total. The first kappa shape index (κ1) is 15.3. The van der Waals surface area contributed by atoms with Gasteiger partial charge in [0.1, 0.15) is 5.82 Å². The maximum absolute atomic E-state index is 5.72. The summed E-state index contributed by atoms with van der Waals surface area (Å²) in [5.74, 6) is 2.20. The highest BCUT2D eigenvalue weighted by Crippen LogP contribution is 2.27. The highest BCUT2D eigenvalue weighted by atomic mass is 16.5. The summed E-state index contributed by atoms with van der Waals surface area (Å²) in [7, 11) is 0. The summed E-state index contributed by atoms with van der Waals surface area (Å²) < 4.78 is 7.68. The summed E-state index contributed by atoms with van der Waals surface area (Å²) >= 11 is 0. The number of anilines is 1. The van der Waals surface area contributed by atoms with Crippen LogP contribution in [0.2, 0.25) is 0 Å². The third-order valence-electron chi connectivity index (χ3n) is 4.26. The Morgan fingerprint density at radius 3 is 3.05 bits per heavy atom. The van der Waals surface area contributed by atoms with Crippen molar-refractivity contribution >= 4 is 11.5 Å². The second kappa shape index (κ2) is 6.65. The highest BCUT2D eigenvalue weighted by molar-refractivity contribution is 5.51. The van der Waals surface area contributed by atoms with E-state index in [0.717, 1.165) is 49.9 Å². The van der Waals surface area contributed by atoms with Crippen molar-refractivity contribution in [1.82, 2.24) is 14.6 Å². The number of ether oxygens (including phenoxy) is 1. The predicted molar refractivity (Wildman–Crippen MR) is 88.5 cm³/mol. The fourth-order valence-corrected chi connectivity index (χ4v) is 3.01. The Hall–Kier alpha value is -1.62. The predicted octanol–water partition coefficient (Wildman–Crippen LogP) is 3.11. The molecule has 2 aromatic rings. The van der Waals surface area contributed by atoms with Crippen LogP contribution in [-0.4, -0.2) is 40.9 Å². The lowest BCUT2D eigenvalue weighted by molar-refractivity contribution is 0.106. The van der Waals surface area contributed by atoms with Crippen LogP contribution in [0.1, 0.15) is 45.2 Å². The van der Waals surface area contributed by atoms with Gasteiger partial charge in [0.2, 0.25) is 0 Å². The molecule has 2 aromatic heterocycles. The van der Waals surface area contributed by atoms with Crippen LogP contribution >= 0.6 is 0 Å². The fraction of sp³-hybridized carbons (Fsp3) is 0.647. The summed E-state index contributed by atoms with van der Waals surface area (Å²) in [5, 5.41) is 4.45. The monoisotopic (exact) mass is 302 g/mol. The van der Waals surface area contributed by atoms with Gasteiger partial charge in [0.05, 0.1) is 12.8 Å². The number of aromatic nitrogens is 3. The first-order chi connectivity index (χ1) is 10.7. The lowest BCUT2D eigenvalue weighted by atomic mass is 10.1. The number of fused-ring (bicyclic) bond motifs is 1. The van der Waals surface area contributed by atoms with Crippen molar-refractivity contribution < 1.29 is 4.74 Å². The summed E-state index contributed by atoms with van der Waals surface area (Å²) in [6.07, 6.45) is 4.10. The Balaban J connectivity index is 1.79. The fourth-order valence-electron chi connectivity index (χ4n) is 3.01. The molecule has 3 heterocycles. The van der Waals surface area contributed by atoms with Crippen molar-refractivity contribution in [3.05, 3.63) is 24.0 Å². The van der Waals surface area contributed by atoms with Gasteiger partial charge in [-0.2, -0.15) is 9.61 Å². The van der Waals surface area contributed by atoms with Crippen molar-refractivity contribution in [3.8, 4) is 0 Å². The molecule has 3 rings (SSSR count). The molecule has 0 bridgehead atoms. The van der Waals surface area contributed by atoms with E-state index < -0.39 is 0 Å². The molecule has 1 saturated heterocycles. The van der Waals surface area contributed by atoms with Crippen LogP contribution in [0.4, 0.5) is 5.82 Å². The molecule has 5 heteroatoms. The average Bonchev–Trinajstić information content (AvgIpc) is 3.15. The Kier molecular flexibility index (Phi) is 4.62. The number of hydrogen-bond donors (Lipinski definition) is 0. The van der Waals surface area contributed by atoms with Gasteiger partial charge in [-0.1, -0.05) is 20.8 Å². The van der Waals surface area contributed by atoms with Gasteiger partial charge in [-0.05, 0) is 18.8 Å². The van der Waals surface area contributed by atoms with Crippen molar-refractivity contribution in [2.45, 2.75) is 39.5 Å². The first-order valence-electron chi connectivity index (χ1n) is 8.36. The van der Waals surface area contributed by atoms with Gasteiger partial charge in [-0.25, -0.2) is 4.98 Å². The van der Waals surface area contributed by atoms with E-state index in [1.165, 1.54) is 6.42 Å². The van der Waals surface area contributed by atoms with E-state index >= 15 is 0 Å². The van der Waals surface area contributed by atoms with Crippen molar-refractivity contribution in [2.75, 3.05) is 31.2 Å². The third kappa shape index (κ3) is 3.09. The Labute approximate surface area is 132 Å². The Morgan fingerprint density at radius 1 is 1.41 bits per heavy atom. The Morgan fingerprint density at radius 2 is 2.27 bits per heavy atom. The zero-order valence-electron chi connectivity index (χ0n) is 13.8. The van der Waals surface area contributed by atoms with E-state index in [1.807, 2.05) is 16.8 Å². The standard InChI is InChI=1S/C17H26N4O/c1-4-9-22-12-14-6-8-20(11-14)17-10-15(13(2)3)19-16-5-7-18-21(16)17/h5,7,10,13-14H,4,6,8-9,11-12H2,1-3H3/t14-/m1/s1. The van der Waals surface area contributed by atoms with Gasteiger partial charge in [0, 0.05) is 43.4 Å². The molecule has 0 saturated carbocycles. The van der Waals surface area contributed by atoms with Crippen LogP contribution in [0.3, 0.4) is 0 Å². The van der Waals surface area contributed by atoms with E-state index in [4.69, 9.17) is 9.72 Å². The van der Waals surface area contributed by atoms with Crippen LogP contribution in [0.15, 0.2) is 18.3 Å². The van der Waals surface area contributed by atoms with Gasteiger partial charge in [-0.15, -0.1) is 0 Å². The molecular formula is C17H26N4O.